The third kappa shape index (κ3) is 4.73. The van der Waals surface area contributed by atoms with Crippen molar-refractivity contribution in [2.45, 2.75) is 17.0 Å². The molecule has 32 heavy (non-hydrogen) atoms. The normalized spacial score (nSPS) is 13.3. The first-order chi connectivity index (χ1) is 15.6. The number of carbonyl (C=O) groups excluding carboxylic acids is 1. The van der Waals surface area contributed by atoms with Crippen LogP contribution in [0, 0.1) is 0 Å². The second kappa shape index (κ2) is 10.1. The van der Waals surface area contributed by atoms with Crippen LogP contribution in [0.25, 0.3) is 17.5 Å². The molecule has 0 saturated heterocycles. The molecule has 0 saturated carbocycles. The van der Waals surface area contributed by atoms with Gasteiger partial charge in [-0.1, -0.05) is 23.9 Å². The van der Waals surface area contributed by atoms with Gasteiger partial charge in [0.25, 0.3) is 0 Å². The molecular formula is C23H22N4O3S2. The smallest absolute Gasteiger partial charge is 0.340 e. The van der Waals surface area contributed by atoms with E-state index in [0.29, 0.717) is 28.0 Å². The molecular weight excluding hydrogens is 444 g/mol. The quantitative estimate of drug-likeness (QED) is 0.285. The van der Waals surface area contributed by atoms with E-state index in [9.17, 15) is 4.79 Å². The Morgan fingerprint density at radius 1 is 1.16 bits per heavy atom. The van der Waals surface area contributed by atoms with Gasteiger partial charge in [-0.2, -0.15) is 9.78 Å². The average Bonchev–Trinajstić information content (AvgIpc) is 3.26. The second-order valence-corrected chi connectivity index (χ2v) is 8.56. The van der Waals surface area contributed by atoms with Crippen molar-refractivity contribution in [1.82, 2.24) is 14.9 Å². The van der Waals surface area contributed by atoms with Crippen molar-refractivity contribution in [3.8, 4) is 17.1 Å². The van der Waals surface area contributed by atoms with E-state index in [4.69, 9.17) is 14.6 Å². The number of thioether (sulfide) groups is 2. The zero-order valence-corrected chi connectivity index (χ0v) is 19.6. The number of esters is 1. The number of hydrogen-bond donors (Lipinski definition) is 0. The zero-order valence-electron chi connectivity index (χ0n) is 17.9. The topological polar surface area (TPSA) is 78.6 Å². The van der Waals surface area contributed by atoms with Gasteiger partial charge in [0.15, 0.2) is 5.82 Å². The number of benzene rings is 2. The molecule has 2 heterocycles. The van der Waals surface area contributed by atoms with E-state index in [-0.39, 0.29) is 6.61 Å². The van der Waals surface area contributed by atoms with Crippen LogP contribution >= 0.6 is 23.5 Å². The van der Waals surface area contributed by atoms with Crippen molar-refractivity contribution in [2.75, 3.05) is 25.7 Å². The van der Waals surface area contributed by atoms with Crippen LogP contribution in [0.4, 0.5) is 0 Å². The van der Waals surface area contributed by atoms with E-state index in [1.165, 1.54) is 11.8 Å². The Kier molecular flexibility index (Phi) is 6.96. The Hall–Kier alpha value is -3.04. The molecule has 2 aromatic carbocycles. The summed E-state index contributed by atoms with van der Waals surface area (Å²) in [5, 5.41) is 14.0. The van der Waals surface area contributed by atoms with E-state index in [0.717, 1.165) is 21.8 Å². The number of rotatable bonds is 7. The summed E-state index contributed by atoms with van der Waals surface area (Å²) in [4.78, 5) is 14.0. The number of hydrogen-bond acceptors (Lipinski definition) is 8. The number of carbonyl (C=O) groups is 1. The lowest BCUT2D eigenvalue weighted by Gasteiger charge is -2.16. The first-order valence-corrected chi connectivity index (χ1v) is 12.2. The van der Waals surface area contributed by atoms with Crippen LogP contribution in [0.15, 0.2) is 69.3 Å². The summed E-state index contributed by atoms with van der Waals surface area (Å²) in [7, 11) is 1.62. The number of aromatic nitrogens is 3. The molecule has 0 bridgehead atoms. The highest BCUT2D eigenvalue weighted by Gasteiger charge is 2.25. The first kappa shape index (κ1) is 22.2. The molecule has 0 amide bonds. The molecule has 0 fully saturated rings. The maximum absolute atomic E-state index is 12.8. The van der Waals surface area contributed by atoms with E-state index < -0.39 is 5.97 Å². The molecule has 3 aromatic rings. The fourth-order valence-electron chi connectivity index (χ4n) is 3.12. The molecule has 0 N–H and O–H groups in total. The van der Waals surface area contributed by atoms with Crippen LogP contribution in [-0.2, 0) is 9.53 Å². The van der Waals surface area contributed by atoms with Crippen LogP contribution in [0.3, 0.4) is 0 Å². The molecule has 4 rings (SSSR count). The monoisotopic (exact) mass is 466 g/mol. The highest BCUT2D eigenvalue weighted by Crippen LogP contribution is 2.30. The van der Waals surface area contributed by atoms with Crippen molar-refractivity contribution in [3.05, 3.63) is 59.7 Å². The Morgan fingerprint density at radius 2 is 1.91 bits per heavy atom. The molecule has 164 valence electrons. The number of fused-ring (bicyclic) bond motifs is 1. The number of methoxy groups -OCH3 is 1. The van der Waals surface area contributed by atoms with E-state index in [1.54, 1.807) is 30.5 Å². The zero-order chi connectivity index (χ0) is 22.5. The predicted octanol–water partition coefficient (Wildman–Crippen LogP) is 4.63. The Bertz CT molecular complexity index is 1170. The van der Waals surface area contributed by atoms with Gasteiger partial charge in [-0.25, -0.2) is 4.79 Å². The standard InChI is InChI=1S/C23H22N4O3S2/c1-4-30-22(28)19(13-15-5-11-18(31-3)12-6-15)20-14-32-23-25-24-21(27(23)26-20)16-7-9-17(29-2)10-8-16/h5-13H,4,14H2,1-3H3. The minimum absolute atomic E-state index is 0.289. The molecule has 1 aromatic heterocycles. The van der Waals surface area contributed by atoms with Gasteiger partial charge in [-0.05, 0) is 61.2 Å². The number of ether oxygens (including phenoxy) is 2. The molecule has 1 aliphatic rings. The Balaban J connectivity index is 1.74. The van der Waals surface area contributed by atoms with Gasteiger partial charge in [0.2, 0.25) is 5.16 Å². The summed E-state index contributed by atoms with van der Waals surface area (Å²) in [6.07, 6.45) is 3.85. The van der Waals surface area contributed by atoms with Gasteiger partial charge >= 0.3 is 5.97 Å². The van der Waals surface area contributed by atoms with Crippen LogP contribution in [-0.4, -0.2) is 52.3 Å². The fourth-order valence-corrected chi connectivity index (χ4v) is 4.35. The van der Waals surface area contributed by atoms with Gasteiger partial charge in [-0.3, -0.25) is 0 Å². The SMILES string of the molecule is CCOC(=O)C(=Cc1ccc(SC)cc1)C1=Nn2c(nnc2-c2ccc(OC)cc2)SC1. The van der Waals surface area contributed by atoms with Crippen molar-refractivity contribution < 1.29 is 14.3 Å². The summed E-state index contributed by atoms with van der Waals surface area (Å²) in [5.41, 5.74) is 2.80. The molecule has 9 heteroatoms. The maximum atomic E-state index is 12.8. The minimum atomic E-state index is -0.400. The van der Waals surface area contributed by atoms with Crippen LogP contribution in [0.5, 0.6) is 5.75 Å². The summed E-state index contributed by atoms with van der Waals surface area (Å²) in [5.74, 6) is 1.45. The minimum Gasteiger partial charge on any atom is -0.497 e. The van der Waals surface area contributed by atoms with E-state index in [1.807, 2.05) is 60.9 Å². The molecule has 0 unspecified atom stereocenters. The van der Waals surface area contributed by atoms with Crippen molar-refractivity contribution in [3.63, 3.8) is 0 Å². The molecule has 7 nitrogen and oxygen atoms in total. The largest absolute Gasteiger partial charge is 0.497 e. The van der Waals surface area contributed by atoms with Crippen LogP contribution in [0.2, 0.25) is 0 Å². The Labute approximate surface area is 194 Å². The summed E-state index contributed by atoms with van der Waals surface area (Å²) < 4.78 is 12.2. The van der Waals surface area contributed by atoms with Gasteiger partial charge in [0, 0.05) is 16.2 Å². The van der Waals surface area contributed by atoms with Crippen molar-refractivity contribution >= 4 is 41.3 Å². The van der Waals surface area contributed by atoms with Crippen molar-refractivity contribution in [2.24, 2.45) is 5.10 Å². The molecule has 1 aliphatic heterocycles. The molecule has 0 atom stereocenters. The Morgan fingerprint density at radius 3 is 2.56 bits per heavy atom. The maximum Gasteiger partial charge on any atom is 0.340 e. The molecule has 0 spiro atoms. The van der Waals surface area contributed by atoms with Crippen LogP contribution < -0.4 is 4.74 Å². The molecule has 0 radical (unpaired) electrons. The van der Waals surface area contributed by atoms with Gasteiger partial charge < -0.3 is 9.47 Å². The lowest BCUT2D eigenvalue weighted by Crippen LogP contribution is -2.21. The highest BCUT2D eigenvalue weighted by molar-refractivity contribution is 8.00. The molecule has 0 aliphatic carbocycles. The predicted molar refractivity (Wildman–Crippen MR) is 128 cm³/mol. The highest BCUT2D eigenvalue weighted by atomic mass is 32.2. The third-order valence-corrected chi connectivity index (χ3v) is 6.43. The van der Waals surface area contributed by atoms with Crippen molar-refractivity contribution in [1.29, 1.82) is 0 Å². The third-order valence-electron chi connectivity index (χ3n) is 4.75. The van der Waals surface area contributed by atoms with E-state index in [2.05, 4.69) is 10.2 Å². The summed E-state index contributed by atoms with van der Waals surface area (Å²) in [6, 6.07) is 15.5. The average molecular weight is 467 g/mol. The second-order valence-electron chi connectivity index (χ2n) is 6.73. The van der Waals surface area contributed by atoms with Crippen LogP contribution in [0.1, 0.15) is 12.5 Å². The lowest BCUT2D eigenvalue weighted by atomic mass is 10.1. The first-order valence-electron chi connectivity index (χ1n) is 9.96. The van der Waals surface area contributed by atoms with Gasteiger partial charge in [0.05, 0.1) is 25.0 Å². The van der Waals surface area contributed by atoms with Gasteiger partial charge in [-0.15, -0.1) is 22.0 Å². The summed E-state index contributed by atoms with van der Waals surface area (Å²) in [6.45, 7) is 2.08. The summed E-state index contributed by atoms with van der Waals surface area (Å²) >= 11 is 3.15. The van der Waals surface area contributed by atoms with Gasteiger partial charge in [0.1, 0.15) is 5.75 Å². The lowest BCUT2D eigenvalue weighted by molar-refractivity contribution is -0.137. The van der Waals surface area contributed by atoms with E-state index >= 15 is 0 Å². The fraction of sp³-hybridized carbons (Fsp3) is 0.217. The number of nitrogens with zero attached hydrogens (tertiary/aromatic N) is 4.